The van der Waals surface area contributed by atoms with Crippen LogP contribution in [0.4, 0.5) is 28.4 Å². The Labute approximate surface area is 291 Å². The van der Waals surface area contributed by atoms with Gasteiger partial charge in [-0.1, -0.05) is 123 Å². The second-order valence-electron chi connectivity index (χ2n) is 13.7. The highest BCUT2D eigenvalue weighted by atomic mass is 15.2. The molecule has 6 aromatic rings. The highest BCUT2D eigenvalue weighted by molar-refractivity contribution is 5.86. The molecule has 0 bridgehead atoms. The fourth-order valence-corrected chi connectivity index (χ4v) is 7.60. The lowest BCUT2D eigenvalue weighted by Crippen LogP contribution is -2.20. The number of fused-ring (bicyclic) bond motifs is 3. The van der Waals surface area contributed by atoms with E-state index in [9.17, 15) is 0 Å². The van der Waals surface area contributed by atoms with Crippen LogP contribution in [0.3, 0.4) is 0 Å². The first-order chi connectivity index (χ1) is 24.1. The zero-order chi connectivity index (χ0) is 33.2. The van der Waals surface area contributed by atoms with E-state index in [1.54, 1.807) is 0 Å². The van der Waals surface area contributed by atoms with E-state index in [1.165, 1.54) is 63.3 Å². The monoisotopic (exact) mass is 634 g/mol. The van der Waals surface area contributed by atoms with Crippen LogP contribution in [0.25, 0.3) is 23.3 Å². The third-order valence-corrected chi connectivity index (χ3v) is 10.2. The van der Waals surface area contributed by atoms with Crippen molar-refractivity contribution >= 4 is 40.6 Å². The molecule has 0 radical (unpaired) electrons. The molecule has 8 rings (SSSR count). The molecule has 0 heterocycles. The molecule has 2 aliphatic carbocycles. The van der Waals surface area contributed by atoms with E-state index < -0.39 is 0 Å². The molecule has 6 aromatic carbocycles. The summed E-state index contributed by atoms with van der Waals surface area (Å²) in [6, 6.07) is 54.9. The summed E-state index contributed by atoms with van der Waals surface area (Å²) in [5, 5.41) is 0. The van der Waals surface area contributed by atoms with Crippen molar-refractivity contribution in [3.05, 3.63) is 186 Å². The van der Waals surface area contributed by atoms with Gasteiger partial charge in [-0.15, -0.1) is 0 Å². The van der Waals surface area contributed by atoms with Crippen molar-refractivity contribution in [3.8, 4) is 11.1 Å². The smallest absolute Gasteiger partial charge is 0.0462 e. The summed E-state index contributed by atoms with van der Waals surface area (Å²) in [6.07, 6.45) is 11.7. The van der Waals surface area contributed by atoms with Gasteiger partial charge in [0, 0.05) is 39.5 Å². The van der Waals surface area contributed by atoms with Crippen LogP contribution >= 0.6 is 0 Å². The van der Waals surface area contributed by atoms with Gasteiger partial charge in [0.25, 0.3) is 0 Å². The first-order valence-electron chi connectivity index (χ1n) is 17.6. The molecule has 0 aliphatic heterocycles. The number of allylic oxidation sites excluding steroid dienone is 2. The maximum absolute atomic E-state index is 2.48. The highest BCUT2D eigenvalue weighted by Gasteiger charge is 2.36. The normalized spacial score (nSPS) is 14.6. The minimum atomic E-state index is -0.103. The number of hydrogen-bond donors (Lipinski definition) is 0. The van der Waals surface area contributed by atoms with Crippen molar-refractivity contribution in [1.29, 1.82) is 0 Å². The zero-order valence-electron chi connectivity index (χ0n) is 28.4. The third kappa shape index (κ3) is 6.00. The van der Waals surface area contributed by atoms with Gasteiger partial charge in [0.05, 0.1) is 0 Å². The molecule has 0 atom stereocenters. The molecule has 0 N–H and O–H groups in total. The lowest BCUT2D eigenvalue weighted by molar-refractivity contribution is 0.659. The van der Waals surface area contributed by atoms with E-state index in [1.807, 2.05) is 0 Å². The van der Waals surface area contributed by atoms with Crippen molar-refractivity contribution in [3.63, 3.8) is 0 Å². The van der Waals surface area contributed by atoms with Crippen LogP contribution < -0.4 is 9.80 Å². The van der Waals surface area contributed by atoms with Crippen molar-refractivity contribution in [2.75, 3.05) is 9.80 Å². The maximum atomic E-state index is 2.48. The molecular weight excluding hydrogens is 593 g/mol. The molecule has 49 heavy (non-hydrogen) atoms. The Morgan fingerprint density at radius 1 is 0.469 bits per heavy atom. The summed E-state index contributed by atoms with van der Waals surface area (Å²) < 4.78 is 0. The largest absolute Gasteiger partial charge is 0.315 e. The number of para-hydroxylation sites is 3. The van der Waals surface area contributed by atoms with Crippen molar-refractivity contribution in [2.45, 2.75) is 44.9 Å². The Bertz CT molecular complexity index is 2090. The van der Waals surface area contributed by atoms with Gasteiger partial charge in [-0.2, -0.15) is 0 Å². The standard InChI is InChI=1S/C47H42N2/c1-47(2)45-33-36(24-23-35-25-28-41(29-26-35)48(37-15-7-3-8-16-37)38-17-9-4-10-18-38)27-31-43(45)44-32-30-42(34-46(44)47)49(39-19-11-5-12-20-39)40-21-13-6-14-22-40/h3-5,7-12,15-21,23-34H,6,13-14,22H2,1-2H3/b24-23+. The minimum Gasteiger partial charge on any atom is -0.315 e. The third-order valence-electron chi connectivity index (χ3n) is 10.2. The molecule has 2 nitrogen and oxygen atoms in total. The molecule has 0 aromatic heterocycles. The van der Waals surface area contributed by atoms with Crippen LogP contribution in [0.1, 0.15) is 61.8 Å². The van der Waals surface area contributed by atoms with Gasteiger partial charge in [0.15, 0.2) is 0 Å². The predicted molar refractivity (Wildman–Crippen MR) is 209 cm³/mol. The van der Waals surface area contributed by atoms with Gasteiger partial charge < -0.3 is 9.80 Å². The quantitative estimate of drug-likeness (QED) is 0.154. The molecule has 0 unspecified atom stereocenters. The lowest BCUT2D eigenvalue weighted by atomic mass is 9.81. The van der Waals surface area contributed by atoms with Crippen LogP contribution in [-0.4, -0.2) is 0 Å². The second kappa shape index (κ2) is 13.1. The molecular formula is C47H42N2. The second-order valence-corrected chi connectivity index (χ2v) is 13.7. The van der Waals surface area contributed by atoms with Crippen LogP contribution in [0.5, 0.6) is 0 Å². The Hall–Kier alpha value is -5.60. The molecule has 0 saturated heterocycles. The van der Waals surface area contributed by atoms with E-state index in [0.717, 1.165) is 29.9 Å². The molecule has 0 saturated carbocycles. The van der Waals surface area contributed by atoms with E-state index in [4.69, 9.17) is 0 Å². The number of nitrogens with zero attached hydrogens (tertiary/aromatic N) is 2. The molecule has 0 spiro atoms. The van der Waals surface area contributed by atoms with Crippen molar-refractivity contribution < 1.29 is 0 Å². The molecule has 2 heteroatoms. The summed E-state index contributed by atoms with van der Waals surface area (Å²) in [5.74, 6) is 0. The van der Waals surface area contributed by atoms with Gasteiger partial charge in [-0.3, -0.25) is 0 Å². The minimum absolute atomic E-state index is 0.103. The summed E-state index contributed by atoms with van der Waals surface area (Å²) in [4.78, 5) is 4.78. The number of anilines is 5. The average molecular weight is 635 g/mol. The fourth-order valence-electron chi connectivity index (χ4n) is 7.60. The van der Waals surface area contributed by atoms with Crippen LogP contribution in [-0.2, 0) is 5.41 Å². The number of benzene rings is 6. The van der Waals surface area contributed by atoms with Crippen LogP contribution in [0.2, 0.25) is 0 Å². The first-order valence-corrected chi connectivity index (χ1v) is 17.6. The first kappa shape index (κ1) is 30.7. The van der Waals surface area contributed by atoms with E-state index in [2.05, 4.69) is 194 Å². The van der Waals surface area contributed by atoms with Crippen molar-refractivity contribution in [2.24, 2.45) is 0 Å². The molecule has 240 valence electrons. The Balaban J connectivity index is 1.07. The van der Waals surface area contributed by atoms with Gasteiger partial charge in [0.1, 0.15) is 0 Å². The van der Waals surface area contributed by atoms with E-state index >= 15 is 0 Å². The predicted octanol–water partition coefficient (Wildman–Crippen LogP) is 13.2. The van der Waals surface area contributed by atoms with Crippen molar-refractivity contribution in [1.82, 2.24) is 0 Å². The van der Waals surface area contributed by atoms with E-state index in [0.29, 0.717) is 0 Å². The Morgan fingerprint density at radius 3 is 1.55 bits per heavy atom. The van der Waals surface area contributed by atoms with Gasteiger partial charge in [0.2, 0.25) is 0 Å². The topological polar surface area (TPSA) is 6.48 Å². The fraction of sp³-hybridized carbons (Fsp3) is 0.149. The van der Waals surface area contributed by atoms with Crippen LogP contribution in [0.15, 0.2) is 163 Å². The molecule has 0 amide bonds. The summed E-state index contributed by atoms with van der Waals surface area (Å²) in [5.41, 5.74) is 15.1. The average Bonchev–Trinajstić information content (AvgIpc) is 3.38. The maximum Gasteiger partial charge on any atom is 0.0462 e. The lowest BCUT2D eigenvalue weighted by Gasteiger charge is -2.31. The number of rotatable bonds is 8. The van der Waals surface area contributed by atoms with Gasteiger partial charge >= 0.3 is 0 Å². The highest BCUT2D eigenvalue weighted by Crippen LogP contribution is 2.51. The SMILES string of the molecule is CC1(C)c2cc(/C=C/c3ccc(N(c4ccccc4)c4ccccc4)cc3)ccc2-c2ccc(N(C3=CCCCC3)c3ccccc3)cc21. The van der Waals surface area contributed by atoms with E-state index in [-0.39, 0.29) is 5.41 Å². The van der Waals surface area contributed by atoms with Gasteiger partial charge in [-0.05, 0) is 120 Å². The molecule has 2 aliphatic rings. The summed E-state index contributed by atoms with van der Waals surface area (Å²) in [7, 11) is 0. The zero-order valence-corrected chi connectivity index (χ0v) is 28.4. The molecule has 0 fully saturated rings. The Kier molecular flexibility index (Phi) is 8.23. The van der Waals surface area contributed by atoms with Gasteiger partial charge in [-0.25, -0.2) is 0 Å². The Morgan fingerprint density at radius 2 is 0.959 bits per heavy atom. The summed E-state index contributed by atoms with van der Waals surface area (Å²) >= 11 is 0. The number of hydrogen-bond acceptors (Lipinski definition) is 2. The summed E-state index contributed by atoms with van der Waals surface area (Å²) in [6.45, 7) is 4.76. The van der Waals surface area contributed by atoms with Crippen LogP contribution in [0, 0.1) is 0 Å².